The standard InChI is InChI=1S/C28H19N3/c1-2-9-20(10-3-1)21-11-8-12-22(19-21)31-27-15-5-4-13-23(27)24-16-17-26(30-28(24)31)25-14-6-7-18-29-25/h1-19H. The predicted molar refractivity (Wildman–Crippen MR) is 127 cm³/mol. The molecular formula is C28H19N3. The highest BCUT2D eigenvalue weighted by Gasteiger charge is 2.15. The molecule has 146 valence electrons. The molecule has 0 radical (unpaired) electrons. The lowest BCUT2D eigenvalue weighted by atomic mass is 10.1. The van der Waals surface area contributed by atoms with Gasteiger partial charge in [-0.25, -0.2) is 4.98 Å². The second kappa shape index (κ2) is 7.22. The Morgan fingerprint density at radius 3 is 2.23 bits per heavy atom. The zero-order valence-electron chi connectivity index (χ0n) is 16.8. The van der Waals surface area contributed by atoms with E-state index in [-0.39, 0.29) is 0 Å². The van der Waals surface area contributed by atoms with Crippen LogP contribution in [0.5, 0.6) is 0 Å². The zero-order valence-corrected chi connectivity index (χ0v) is 16.8. The van der Waals surface area contributed by atoms with Crippen molar-refractivity contribution in [2.75, 3.05) is 0 Å². The van der Waals surface area contributed by atoms with Crippen molar-refractivity contribution in [3.8, 4) is 28.2 Å². The Morgan fingerprint density at radius 1 is 0.548 bits per heavy atom. The third-order valence-corrected chi connectivity index (χ3v) is 5.66. The second-order valence-electron chi connectivity index (χ2n) is 7.55. The fourth-order valence-electron chi connectivity index (χ4n) is 4.21. The average Bonchev–Trinajstić information content (AvgIpc) is 3.19. The molecule has 3 heteroatoms. The van der Waals surface area contributed by atoms with E-state index in [1.54, 1.807) is 6.20 Å². The molecule has 6 aromatic rings. The summed E-state index contributed by atoms with van der Waals surface area (Å²) in [6.45, 7) is 0. The van der Waals surface area contributed by atoms with Crippen LogP contribution in [0.4, 0.5) is 0 Å². The lowest BCUT2D eigenvalue weighted by Gasteiger charge is -2.10. The molecule has 0 saturated carbocycles. The quantitative estimate of drug-likeness (QED) is 0.325. The van der Waals surface area contributed by atoms with Crippen molar-refractivity contribution >= 4 is 21.9 Å². The van der Waals surface area contributed by atoms with Gasteiger partial charge < -0.3 is 0 Å². The molecule has 0 aliphatic carbocycles. The van der Waals surface area contributed by atoms with Gasteiger partial charge in [-0.2, -0.15) is 0 Å². The summed E-state index contributed by atoms with van der Waals surface area (Å²) in [6, 6.07) is 37.7. The second-order valence-corrected chi connectivity index (χ2v) is 7.55. The van der Waals surface area contributed by atoms with E-state index >= 15 is 0 Å². The third kappa shape index (κ3) is 2.99. The molecule has 0 unspecified atom stereocenters. The zero-order chi connectivity index (χ0) is 20.6. The highest BCUT2D eigenvalue weighted by Crippen LogP contribution is 2.33. The van der Waals surface area contributed by atoms with E-state index in [4.69, 9.17) is 4.98 Å². The highest BCUT2D eigenvalue weighted by atomic mass is 15.1. The number of rotatable bonds is 3. The Bertz CT molecular complexity index is 1520. The van der Waals surface area contributed by atoms with E-state index in [1.165, 1.54) is 16.5 Å². The van der Waals surface area contributed by atoms with Crippen LogP contribution in [-0.4, -0.2) is 14.5 Å². The van der Waals surface area contributed by atoms with Crippen LogP contribution in [0.25, 0.3) is 50.1 Å². The van der Waals surface area contributed by atoms with Crippen molar-refractivity contribution in [1.29, 1.82) is 0 Å². The van der Waals surface area contributed by atoms with Crippen LogP contribution >= 0.6 is 0 Å². The molecule has 6 rings (SSSR count). The molecule has 3 nitrogen and oxygen atoms in total. The summed E-state index contributed by atoms with van der Waals surface area (Å²) in [5, 5.41) is 2.34. The number of nitrogens with zero attached hydrogens (tertiary/aromatic N) is 3. The van der Waals surface area contributed by atoms with Crippen molar-refractivity contribution in [2.24, 2.45) is 0 Å². The summed E-state index contributed by atoms with van der Waals surface area (Å²) < 4.78 is 2.25. The molecular weight excluding hydrogens is 378 g/mol. The molecule has 0 aliphatic heterocycles. The lowest BCUT2D eigenvalue weighted by molar-refractivity contribution is 1.13. The van der Waals surface area contributed by atoms with Crippen LogP contribution in [-0.2, 0) is 0 Å². The van der Waals surface area contributed by atoms with E-state index in [2.05, 4.69) is 94.5 Å². The molecule has 0 bridgehead atoms. The van der Waals surface area contributed by atoms with Crippen molar-refractivity contribution < 1.29 is 0 Å². The molecule has 0 aliphatic rings. The number of hydrogen-bond donors (Lipinski definition) is 0. The largest absolute Gasteiger partial charge is 0.294 e. The van der Waals surface area contributed by atoms with Crippen LogP contribution < -0.4 is 0 Å². The number of aromatic nitrogens is 3. The van der Waals surface area contributed by atoms with Crippen LogP contribution in [0.2, 0.25) is 0 Å². The van der Waals surface area contributed by atoms with Crippen molar-refractivity contribution in [3.05, 3.63) is 115 Å². The minimum atomic E-state index is 0.872. The summed E-state index contributed by atoms with van der Waals surface area (Å²) >= 11 is 0. The van der Waals surface area contributed by atoms with Crippen molar-refractivity contribution in [1.82, 2.24) is 14.5 Å². The number of pyridine rings is 2. The van der Waals surface area contributed by atoms with Gasteiger partial charge in [0.15, 0.2) is 0 Å². The van der Waals surface area contributed by atoms with Crippen LogP contribution in [0, 0.1) is 0 Å². The first-order chi connectivity index (χ1) is 15.4. The number of hydrogen-bond acceptors (Lipinski definition) is 2. The fourth-order valence-corrected chi connectivity index (χ4v) is 4.21. The summed E-state index contributed by atoms with van der Waals surface area (Å²) in [4.78, 5) is 9.56. The third-order valence-electron chi connectivity index (χ3n) is 5.66. The maximum Gasteiger partial charge on any atom is 0.146 e. The Labute approximate surface area is 180 Å². The minimum Gasteiger partial charge on any atom is -0.294 e. The molecule has 3 aromatic heterocycles. The molecule has 3 heterocycles. The molecule has 31 heavy (non-hydrogen) atoms. The molecule has 3 aromatic carbocycles. The van der Waals surface area contributed by atoms with E-state index in [9.17, 15) is 0 Å². The Balaban J connectivity index is 1.63. The molecule has 0 saturated heterocycles. The lowest BCUT2D eigenvalue weighted by Crippen LogP contribution is -1.97. The topological polar surface area (TPSA) is 30.7 Å². The Morgan fingerprint density at radius 2 is 1.35 bits per heavy atom. The Kier molecular flexibility index (Phi) is 4.10. The molecule has 0 N–H and O–H groups in total. The summed E-state index contributed by atoms with van der Waals surface area (Å²) in [7, 11) is 0. The monoisotopic (exact) mass is 397 g/mol. The van der Waals surface area contributed by atoms with Gasteiger partial charge >= 0.3 is 0 Å². The van der Waals surface area contributed by atoms with Gasteiger partial charge in [-0.1, -0.05) is 66.7 Å². The first-order valence-electron chi connectivity index (χ1n) is 10.4. The maximum absolute atomic E-state index is 5.06. The van der Waals surface area contributed by atoms with Crippen molar-refractivity contribution in [2.45, 2.75) is 0 Å². The smallest absolute Gasteiger partial charge is 0.146 e. The molecule has 0 spiro atoms. The van der Waals surface area contributed by atoms with E-state index in [0.717, 1.165) is 33.6 Å². The van der Waals surface area contributed by atoms with Gasteiger partial charge in [0.1, 0.15) is 5.65 Å². The van der Waals surface area contributed by atoms with Gasteiger partial charge in [0.2, 0.25) is 0 Å². The van der Waals surface area contributed by atoms with Gasteiger partial charge in [0.05, 0.1) is 16.9 Å². The molecule has 0 fully saturated rings. The Hall–Kier alpha value is -4.24. The highest BCUT2D eigenvalue weighted by molar-refractivity contribution is 6.08. The predicted octanol–water partition coefficient (Wildman–Crippen LogP) is 6.91. The fraction of sp³-hybridized carbons (Fsp3) is 0. The number of para-hydroxylation sites is 1. The molecule has 0 amide bonds. The normalized spacial score (nSPS) is 11.2. The van der Waals surface area contributed by atoms with Gasteiger partial charge in [-0.05, 0) is 53.6 Å². The number of fused-ring (bicyclic) bond motifs is 3. The maximum atomic E-state index is 5.06. The number of benzene rings is 3. The average molecular weight is 397 g/mol. The summed E-state index contributed by atoms with van der Waals surface area (Å²) in [6.07, 6.45) is 1.81. The first kappa shape index (κ1) is 17.6. The van der Waals surface area contributed by atoms with E-state index < -0.39 is 0 Å². The van der Waals surface area contributed by atoms with Crippen LogP contribution in [0.15, 0.2) is 115 Å². The van der Waals surface area contributed by atoms with E-state index in [0.29, 0.717) is 0 Å². The first-order valence-corrected chi connectivity index (χ1v) is 10.4. The SMILES string of the molecule is c1ccc(-c2cccc(-n3c4ccccc4c4ccc(-c5ccccn5)nc43)c2)cc1. The van der Waals surface area contributed by atoms with E-state index in [1.807, 2.05) is 24.3 Å². The van der Waals surface area contributed by atoms with Gasteiger partial charge in [0, 0.05) is 22.7 Å². The summed E-state index contributed by atoms with van der Waals surface area (Å²) in [5.41, 5.74) is 7.31. The van der Waals surface area contributed by atoms with Gasteiger partial charge in [-0.3, -0.25) is 9.55 Å². The molecule has 0 atom stereocenters. The van der Waals surface area contributed by atoms with Crippen LogP contribution in [0.3, 0.4) is 0 Å². The van der Waals surface area contributed by atoms with Gasteiger partial charge in [0.25, 0.3) is 0 Å². The minimum absolute atomic E-state index is 0.872. The van der Waals surface area contributed by atoms with Gasteiger partial charge in [-0.15, -0.1) is 0 Å². The summed E-state index contributed by atoms with van der Waals surface area (Å²) in [5.74, 6) is 0. The van der Waals surface area contributed by atoms with Crippen LogP contribution in [0.1, 0.15) is 0 Å². The van der Waals surface area contributed by atoms with Crippen molar-refractivity contribution in [3.63, 3.8) is 0 Å².